The van der Waals surface area contributed by atoms with Gasteiger partial charge in [-0.2, -0.15) is 0 Å². The lowest BCUT2D eigenvalue weighted by molar-refractivity contribution is 0.0265. The lowest BCUT2D eigenvalue weighted by atomic mass is 9.81. The van der Waals surface area contributed by atoms with Crippen molar-refractivity contribution >= 4 is 5.91 Å². The van der Waals surface area contributed by atoms with Gasteiger partial charge in [-0.25, -0.2) is 4.39 Å². The summed E-state index contributed by atoms with van der Waals surface area (Å²) in [5.74, 6) is 0.165. The molecule has 2 fully saturated rings. The molecule has 0 radical (unpaired) electrons. The molecule has 5 heteroatoms. The third kappa shape index (κ3) is 3.36. The average Bonchev–Trinajstić information content (AvgIpc) is 3.20. The van der Waals surface area contributed by atoms with Crippen molar-refractivity contribution in [3.05, 3.63) is 65.7 Å². The van der Waals surface area contributed by atoms with Crippen LogP contribution < -0.4 is 0 Å². The van der Waals surface area contributed by atoms with Crippen LogP contribution in [0.5, 0.6) is 0 Å². The summed E-state index contributed by atoms with van der Waals surface area (Å²) in [6.07, 6.45) is 6.98. The van der Waals surface area contributed by atoms with Gasteiger partial charge in [0.15, 0.2) is 0 Å². The zero-order valence-electron chi connectivity index (χ0n) is 14.7. The first-order chi connectivity index (χ1) is 12.7. The van der Waals surface area contributed by atoms with E-state index in [4.69, 9.17) is 4.74 Å². The van der Waals surface area contributed by atoms with Crippen molar-refractivity contribution < 1.29 is 13.9 Å². The van der Waals surface area contributed by atoms with E-state index >= 15 is 0 Å². The van der Waals surface area contributed by atoms with E-state index in [0.717, 1.165) is 31.5 Å². The van der Waals surface area contributed by atoms with Crippen LogP contribution in [-0.4, -0.2) is 35.5 Å². The molecule has 136 valence electrons. The van der Waals surface area contributed by atoms with Crippen molar-refractivity contribution in [2.75, 3.05) is 19.7 Å². The van der Waals surface area contributed by atoms with E-state index in [0.29, 0.717) is 24.7 Å². The molecule has 4 nitrogen and oxygen atoms in total. The molecule has 1 aromatic heterocycles. The van der Waals surface area contributed by atoms with Crippen LogP contribution >= 0.6 is 0 Å². The molecule has 1 saturated heterocycles. The predicted molar refractivity (Wildman–Crippen MR) is 96.0 cm³/mol. The molecule has 0 unspecified atom stereocenters. The number of aromatic nitrogens is 1. The van der Waals surface area contributed by atoms with Crippen molar-refractivity contribution in [1.29, 1.82) is 0 Å². The molecule has 1 aliphatic carbocycles. The van der Waals surface area contributed by atoms with Crippen LogP contribution in [0, 0.1) is 17.2 Å². The Morgan fingerprint density at radius 3 is 2.77 bits per heavy atom. The smallest absolute Gasteiger partial charge is 0.253 e. The molecule has 2 aliphatic rings. The van der Waals surface area contributed by atoms with Crippen molar-refractivity contribution in [2.45, 2.75) is 25.9 Å². The number of benzene rings is 1. The van der Waals surface area contributed by atoms with E-state index in [1.807, 2.05) is 17.0 Å². The minimum atomic E-state index is -0.319. The number of hydrogen-bond donors (Lipinski definition) is 0. The fraction of sp³-hybridized carbons (Fsp3) is 0.429. The minimum absolute atomic E-state index is 0.00657. The summed E-state index contributed by atoms with van der Waals surface area (Å²) >= 11 is 0. The second-order valence-electron chi connectivity index (χ2n) is 7.49. The number of ether oxygens (including phenoxy) is 1. The maximum atomic E-state index is 13.1. The molecule has 2 heterocycles. The monoisotopic (exact) mass is 354 g/mol. The Morgan fingerprint density at radius 2 is 2.00 bits per heavy atom. The SMILES string of the molecule is O=C(c1ccc(F)cc1)N1C[C@H]2CCC[C@@]2(COCc2ccncc2)C1. The van der Waals surface area contributed by atoms with Crippen LogP contribution in [0.15, 0.2) is 48.8 Å². The number of nitrogens with zero attached hydrogens (tertiary/aromatic N) is 2. The Balaban J connectivity index is 1.41. The molecule has 1 aromatic carbocycles. The number of rotatable bonds is 5. The van der Waals surface area contributed by atoms with Crippen molar-refractivity contribution in [2.24, 2.45) is 11.3 Å². The highest BCUT2D eigenvalue weighted by atomic mass is 19.1. The molecule has 1 saturated carbocycles. The largest absolute Gasteiger partial charge is 0.376 e. The lowest BCUT2D eigenvalue weighted by Crippen LogP contribution is -2.34. The zero-order valence-corrected chi connectivity index (χ0v) is 14.7. The standard InChI is InChI=1S/C21H23FN2O2/c22-19-5-3-17(4-6-19)20(25)24-12-18-2-1-9-21(18,14-24)15-26-13-16-7-10-23-11-8-16/h3-8,10-11,18H,1-2,9,12-15H2/t18-,21+/m1/s1. The first-order valence-electron chi connectivity index (χ1n) is 9.18. The summed E-state index contributed by atoms with van der Waals surface area (Å²) in [5, 5.41) is 0. The van der Waals surface area contributed by atoms with Gasteiger partial charge < -0.3 is 9.64 Å². The van der Waals surface area contributed by atoms with Gasteiger partial charge in [-0.15, -0.1) is 0 Å². The number of carbonyl (C=O) groups is 1. The van der Waals surface area contributed by atoms with Gasteiger partial charge in [0, 0.05) is 36.5 Å². The van der Waals surface area contributed by atoms with Crippen LogP contribution in [0.25, 0.3) is 0 Å². The minimum Gasteiger partial charge on any atom is -0.376 e. The Hall–Kier alpha value is -2.27. The van der Waals surface area contributed by atoms with Gasteiger partial charge in [0.1, 0.15) is 5.82 Å². The number of likely N-dealkylation sites (tertiary alicyclic amines) is 1. The fourth-order valence-electron chi connectivity index (χ4n) is 4.43. The highest BCUT2D eigenvalue weighted by Crippen LogP contribution is 2.49. The zero-order chi connectivity index (χ0) is 18.0. The third-order valence-electron chi connectivity index (χ3n) is 5.83. The predicted octanol–water partition coefficient (Wildman–Crippen LogP) is 3.68. The summed E-state index contributed by atoms with van der Waals surface area (Å²) in [5.41, 5.74) is 1.73. The van der Waals surface area contributed by atoms with Gasteiger partial charge in [-0.3, -0.25) is 9.78 Å². The molecular formula is C21H23FN2O2. The van der Waals surface area contributed by atoms with E-state index in [-0.39, 0.29) is 17.1 Å². The Labute approximate surface area is 153 Å². The van der Waals surface area contributed by atoms with Crippen LogP contribution in [0.3, 0.4) is 0 Å². The quantitative estimate of drug-likeness (QED) is 0.823. The molecular weight excluding hydrogens is 331 g/mol. The van der Waals surface area contributed by atoms with Crippen molar-refractivity contribution in [3.63, 3.8) is 0 Å². The lowest BCUT2D eigenvalue weighted by Gasteiger charge is -2.28. The van der Waals surface area contributed by atoms with Crippen LogP contribution in [0.2, 0.25) is 0 Å². The highest BCUT2D eigenvalue weighted by molar-refractivity contribution is 5.94. The first kappa shape index (κ1) is 17.2. The highest BCUT2D eigenvalue weighted by Gasteiger charge is 2.50. The topological polar surface area (TPSA) is 42.4 Å². The summed E-state index contributed by atoms with van der Waals surface area (Å²) in [4.78, 5) is 18.7. The van der Waals surface area contributed by atoms with Gasteiger partial charge in [-0.1, -0.05) is 6.42 Å². The molecule has 4 rings (SSSR count). The number of halogens is 1. The summed E-state index contributed by atoms with van der Waals surface area (Å²) < 4.78 is 19.2. The maximum Gasteiger partial charge on any atom is 0.253 e. The molecule has 2 aromatic rings. The van der Waals surface area contributed by atoms with Gasteiger partial charge in [0.2, 0.25) is 0 Å². The molecule has 0 bridgehead atoms. The van der Waals surface area contributed by atoms with Gasteiger partial charge >= 0.3 is 0 Å². The molecule has 1 amide bonds. The molecule has 26 heavy (non-hydrogen) atoms. The van der Waals surface area contributed by atoms with Crippen LogP contribution in [-0.2, 0) is 11.3 Å². The second-order valence-corrected chi connectivity index (χ2v) is 7.49. The number of amides is 1. The number of fused-ring (bicyclic) bond motifs is 1. The fourth-order valence-corrected chi connectivity index (χ4v) is 4.43. The Morgan fingerprint density at radius 1 is 1.23 bits per heavy atom. The van der Waals surface area contributed by atoms with Crippen molar-refractivity contribution in [1.82, 2.24) is 9.88 Å². The molecule has 0 spiro atoms. The van der Waals surface area contributed by atoms with Gasteiger partial charge in [0.05, 0.1) is 13.2 Å². The number of carbonyl (C=O) groups excluding carboxylic acids is 1. The van der Waals surface area contributed by atoms with E-state index < -0.39 is 0 Å². The summed E-state index contributed by atoms with van der Waals surface area (Å²) in [6, 6.07) is 9.75. The van der Waals surface area contributed by atoms with Gasteiger partial charge in [0.25, 0.3) is 5.91 Å². The first-order valence-corrected chi connectivity index (χ1v) is 9.18. The summed E-state index contributed by atoms with van der Waals surface area (Å²) in [7, 11) is 0. The Bertz CT molecular complexity index is 765. The number of hydrogen-bond acceptors (Lipinski definition) is 3. The normalized spacial score (nSPS) is 24.7. The van der Waals surface area contributed by atoms with E-state index in [2.05, 4.69) is 4.98 Å². The van der Waals surface area contributed by atoms with E-state index in [1.165, 1.54) is 18.6 Å². The second kappa shape index (κ2) is 7.16. The third-order valence-corrected chi connectivity index (χ3v) is 5.83. The van der Waals surface area contributed by atoms with E-state index in [1.54, 1.807) is 24.5 Å². The molecule has 0 N–H and O–H groups in total. The maximum absolute atomic E-state index is 13.1. The van der Waals surface area contributed by atoms with Gasteiger partial charge in [-0.05, 0) is 60.7 Å². The van der Waals surface area contributed by atoms with E-state index in [9.17, 15) is 9.18 Å². The van der Waals surface area contributed by atoms with Crippen molar-refractivity contribution in [3.8, 4) is 0 Å². The summed E-state index contributed by atoms with van der Waals surface area (Å²) in [6.45, 7) is 2.75. The Kier molecular flexibility index (Phi) is 4.72. The van der Waals surface area contributed by atoms with Crippen LogP contribution in [0.4, 0.5) is 4.39 Å². The molecule has 1 aliphatic heterocycles. The van der Waals surface area contributed by atoms with Crippen LogP contribution in [0.1, 0.15) is 35.2 Å². The average molecular weight is 354 g/mol. The molecule has 2 atom stereocenters. The number of pyridine rings is 1.